The summed E-state index contributed by atoms with van der Waals surface area (Å²) in [6, 6.07) is 0.994. The maximum atomic E-state index is 12.2. The normalized spacial score (nSPS) is 15.6. The number of nitrogens with zero attached hydrogens (tertiary/aromatic N) is 2. The maximum absolute atomic E-state index is 12.2. The maximum Gasteiger partial charge on any atom is 0.451 e. The number of alkyl halides is 3. The average Bonchev–Trinajstić information content (AvgIpc) is 1.97. The van der Waals surface area contributed by atoms with Crippen LogP contribution in [0.5, 0.6) is 5.88 Å². The van der Waals surface area contributed by atoms with E-state index in [1.54, 1.807) is 0 Å². The summed E-state index contributed by atoms with van der Waals surface area (Å²) in [7, 11) is 0. The van der Waals surface area contributed by atoms with Crippen molar-refractivity contribution in [2.24, 2.45) is 0 Å². The van der Waals surface area contributed by atoms with Crippen molar-refractivity contribution in [2.45, 2.75) is 13.1 Å². The van der Waals surface area contributed by atoms with Crippen LogP contribution in [0.25, 0.3) is 0 Å². The molecule has 0 amide bonds. The van der Waals surface area contributed by atoms with E-state index in [1.165, 1.54) is 6.92 Å². The molecule has 0 saturated carbocycles. The summed E-state index contributed by atoms with van der Waals surface area (Å²) >= 11 is 3.15. The molecular weight excluding hydrogens is 268 g/mol. The number of halogens is 3. The fourth-order valence-electron chi connectivity index (χ4n) is 0.835. The molecule has 1 N–H and O–H groups in total. The van der Waals surface area contributed by atoms with Crippen molar-refractivity contribution in [3.8, 4) is 5.88 Å². The van der Waals surface area contributed by atoms with Gasteiger partial charge in [-0.1, -0.05) is 0 Å². The first kappa shape index (κ1) is 13.3. The molecule has 1 aromatic heterocycles. The van der Waals surface area contributed by atoms with Crippen molar-refractivity contribution in [1.29, 1.82) is 0 Å². The van der Waals surface area contributed by atoms with E-state index in [0.29, 0.717) is 0 Å². The monoisotopic (exact) mass is 274 g/mol. The van der Waals surface area contributed by atoms with Gasteiger partial charge in [0.15, 0.2) is 0 Å². The fourth-order valence-corrected chi connectivity index (χ4v) is 1.42. The summed E-state index contributed by atoms with van der Waals surface area (Å²) in [6.45, 7) is -2.97. The van der Waals surface area contributed by atoms with E-state index in [1.807, 2.05) is 0 Å². The van der Waals surface area contributed by atoms with E-state index < -0.39 is 24.7 Å². The van der Waals surface area contributed by atoms with Gasteiger partial charge in [-0.15, -0.1) is 0 Å². The summed E-state index contributed by atoms with van der Waals surface area (Å²) < 4.78 is 51.7. The molecule has 1 heterocycles. The van der Waals surface area contributed by atoms with E-state index in [9.17, 15) is 17.7 Å². The van der Waals surface area contributed by atoms with Gasteiger partial charge in [-0.05, 0) is 19.2 Å². The third-order valence-electron chi connectivity index (χ3n) is 1.30. The minimum atomic E-state index is -4.75. The van der Waals surface area contributed by atoms with Crippen LogP contribution in [0.1, 0.15) is 11.5 Å². The summed E-state index contributed by atoms with van der Waals surface area (Å²) in [5, 5.41) is 0. The van der Waals surface area contributed by atoms with Crippen LogP contribution in [0.4, 0.5) is 13.2 Å². The molecule has 90 valence electrons. The van der Waals surface area contributed by atoms with E-state index in [2.05, 4.69) is 26.7 Å². The Morgan fingerprint density at radius 3 is 2.50 bits per heavy atom. The molecule has 0 fully saturated rings. The lowest BCUT2D eigenvalue weighted by Gasteiger charge is -2.10. The predicted octanol–water partition coefficient (Wildman–Crippen LogP) is 2.21. The lowest BCUT2D eigenvalue weighted by atomic mass is 10.4. The zero-order chi connectivity index (χ0) is 12.6. The van der Waals surface area contributed by atoms with Gasteiger partial charge in [-0.3, -0.25) is 0 Å². The van der Waals surface area contributed by atoms with Gasteiger partial charge in [0.25, 0.3) is 0 Å². The molecule has 0 aliphatic carbocycles. The van der Waals surface area contributed by atoms with E-state index in [0.717, 1.165) is 6.07 Å². The summed E-state index contributed by atoms with van der Waals surface area (Å²) in [6.07, 6.45) is -4.75. The van der Waals surface area contributed by atoms with Crippen LogP contribution in [-0.2, 0) is 10.7 Å². The minimum Gasteiger partial charge on any atom is -0.399 e. The van der Waals surface area contributed by atoms with E-state index in [4.69, 9.17) is 4.89 Å². The average molecular weight is 274 g/mol. The number of aromatic nitrogens is 2. The van der Waals surface area contributed by atoms with Crippen molar-refractivity contribution in [1.82, 2.24) is 9.97 Å². The molecule has 16 heavy (non-hydrogen) atoms. The smallest absolute Gasteiger partial charge is 0.399 e. The first-order valence-electron chi connectivity index (χ1n) is 3.76. The van der Waals surface area contributed by atoms with Crippen LogP contribution < -0.4 is 4.52 Å². The van der Waals surface area contributed by atoms with Crippen molar-refractivity contribution in [3.63, 3.8) is 0 Å². The molecule has 0 bridgehead atoms. The highest BCUT2D eigenvalue weighted by Crippen LogP contribution is 2.46. The second-order valence-corrected chi connectivity index (χ2v) is 5.43. The van der Waals surface area contributed by atoms with Crippen molar-refractivity contribution < 1.29 is 27.2 Å². The van der Waals surface area contributed by atoms with Crippen LogP contribution in [0.15, 0.2) is 6.07 Å². The van der Waals surface area contributed by atoms with Gasteiger partial charge >= 0.3 is 13.0 Å². The van der Waals surface area contributed by atoms with Crippen molar-refractivity contribution in [3.05, 3.63) is 17.6 Å². The Balaban J connectivity index is 3.14. The van der Waals surface area contributed by atoms with Crippen LogP contribution in [0.2, 0.25) is 0 Å². The number of thiol groups is 1. The second-order valence-electron chi connectivity index (χ2n) is 2.75. The molecule has 1 atom stereocenters. The Labute approximate surface area is 93.4 Å². The van der Waals surface area contributed by atoms with Crippen LogP contribution in [-0.4, -0.2) is 14.9 Å². The van der Waals surface area contributed by atoms with Gasteiger partial charge in [-0.25, -0.2) is 9.55 Å². The summed E-state index contributed by atoms with van der Waals surface area (Å²) in [5.41, 5.74) is -0.0425. The first-order chi connectivity index (χ1) is 7.08. The molecule has 0 aliphatic heterocycles. The summed E-state index contributed by atoms with van der Waals surface area (Å²) in [4.78, 5) is 14.8. The number of aryl methyl sites for hydroxylation is 1. The van der Waals surface area contributed by atoms with Crippen LogP contribution in [0.3, 0.4) is 0 Å². The Hall–Kier alpha value is -0.790. The van der Waals surface area contributed by atoms with Gasteiger partial charge in [0.2, 0.25) is 11.7 Å². The minimum absolute atomic E-state index is 0.0425. The Kier molecular flexibility index (Phi) is 3.51. The third kappa shape index (κ3) is 3.99. The topological polar surface area (TPSA) is 72.3 Å². The highest BCUT2D eigenvalue weighted by atomic mass is 32.7. The van der Waals surface area contributed by atoms with Crippen LogP contribution in [0, 0.1) is 6.92 Å². The molecule has 5 nitrogen and oxygen atoms in total. The Morgan fingerprint density at radius 1 is 1.50 bits per heavy atom. The zero-order valence-electron chi connectivity index (χ0n) is 7.76. The number of hydrogen-bond acceptors (Lipinski definition) is 4. The quantitative estimate of drug-likeness (QED) is 0.639. The Bertz CT molecular complexity index is 447. The van der Waals surface area contributed by atoms with Gasteiger partial charge in [0.05, 0.1) is 0 Å². The van der Waals surface area contributed by atoms with Gasteiger partial charge in [-0.2, -0.15) is 18.2 Å². The standard InChI is InChI=1S/C6H6F3N2O3PS/c1-3-2-4(14-15(12,13)16)11-5(10-3)6(7,8)9/h2H,1H3,(H2,12,13,16). The zero-order valence-corrected chi connectivity index (χ0v) is 9.55. The third-order valence-corrected chi connectivity index (χ3v) is 1.97. The molecule has 1 unspecified atom stereocenters. The van der Waals surface area contributed by atoms with Crippen molar-refractivity contribution in [2.75, 3.05) is 0 Å². The molecular formula is C6H6F3N2O3PS. The lowest BCUT2D eigenvalue weighted by molar-refractivity contribution is -0.145. The van der Waals surface area contributed by atoms with Gasteiger partial charge < -0.3 is 9.42 Å². The molecule has 1 aromatic rings. The van der Waals surface area contributed by atoms with Crippen molar-refractivity contribution >= 4 is 19.0 Å². The predicted molar refractivity (Wildman–Crippen MR) is 51.2 cm³/mol. The molecule has 0 saturated heterocycles. The van der Waals surface area contributed by atoms with Gasteiger partial charge in [0.1, 0.15) is 0 Å². The summed E-state index contributed by atoms with van der Waals surface area (Å²) in [5.74, 6) is -2.09. The second kappa shape index (κ2) is 4.23. The highest BCUT2D eigenvalue weighted by Gasteiger charge is 2.35. The first-order valence-corrected chi connectivity index (χ1v) is 6.49. The molecule has 0 aromatic carbocycles. The number of rotatable bonds is 2. The molecule has 1 rings (SSSR count). The molecule has 0 aliphatic rings. The SMILES string of the molecule is Cc1cc(OP(=O)(O)S)nc(C(F)(F)F)n1. The van der Waals surface area contributed by atoms with E-state index >= 15 is 0 Å². The lowest BCUT2D eigenvalue weighted by Crippen LogP contribution is -2.12. The van der Waals surface area contributed by atoms with Crippen LogP contribution >= 0.6 is 19.0 Å². The number of hydrogen-bond donors (Lipinski definition) is 2. The highest BCUT2D eigenvalue weighted by molar-refractivity contribution is 8.44. The molecule has 0 radical (unpaired) electrons. The van der Waals surface area contributed by atoms with Gasteiger partial charge in [0, 0.05) is 11.8 Å². The molecule has 10 heteroatoms. The Morgan fingerprint density at radius 2 is 2.06 bits per heavy atom. The fraction of sp³-hybridized carbons (Fsp3) is 0.333. The van der Waals surface area contributed by atoms with E-state index in [-0.39, 0.29) is 5.69 Å². The molecule has 0 spiro atoms. The largest absolute Gasteiger partial charge is 0.451 e.